The van der Waals surface area contributed by atoms with Gasteiger partial charge < -0.3 is 0 Å². The number of ketones is 1. The quantitative estimate of drug-likeness (QED) is 0.627. The summed E-state index contributed by atoms with van der Waals surface area (Å²) in [5.41, 5.74) is 2.51. The molecular formula is C14H13ClN2O. The lowest BCUT2D eigenvalue weighted by molar-refractivity contribution is 0.104. The van der Waals surface area contributed by atoms with Gasteiger partial charge in [0, 0.05) is 12.6 Å². The summed E-state index contributed by atoms with van der Waals surface area (Å²) in [7, 11) is 1.78. The van der Waals surface area contributed by atoms with E-state index in [4.69, 9.17) is 11.6 Å². The first kappa shape index (κ1) is 12.6. The molecule has 1 heterocycles. The first-order valence-corrected chi connectivity index (χ1v) is 5.92. The van der Waals surface area contributed by atoms with E-state index in [-0.39, 0.29) is 5.78 Å². The van der Waals surface area contributed by atoms with Crippen LogP contribution in [0.25, 0.3) is 6.08 Å². The Kier molecular flexibility index (Phi) is 3.63. The zero-order chi connectivity index (χ0) is 13.1. The monoisotopic (exact) mass is 260 g/mol. The van der Waals surface area contributed by atoms with E-state index in [1.807, 2.05) is 31.2 Å². The summed E-state index contributed by atoms with van der Waals surface area (Å²) in [6.07, 6.45) is 4.74. The largest absolute Gasteiger partial charge is 0.289 e. The number of carbonyl (C=O) groups excluding carboxylic acids is 1. The van der Waals surface area contributed by atoms with Crippen LogP contribution in [0.2, 0.25) is 5.02 Å². The van der Waals surface area contributed by atoms with Crippen molar-refractivity contribution in [2.45, 2.75) is 6.92 Å². The molecule has 0 saturated heterocycles. The van der Waals surface area contributed by atoms with Gasteiger partial charge in [-0.25, -0.2) is 0 Å². The third-order valence-electron chi connectivity index (χ3n) is 2.67. The molecule has 92 valence electrons. The zero-order valence-electron chi connectivity index (χ0n) is 10.2. The Morgan fingerprint density at radius 2 is 2.00 bits per heavy atom. The highest BCUT2D eigenvalue weighted by Gasteiger charge is 2.04. The van der Waals surface area contributed by atoms with Crippen molar-refractivity contribution in [2.75, 3.05) is 0 Å². The van der Waals surface area contributed by atoms with Crippen LogP contribution in [0.15, 0.2) is 36.5 Å². The summed E-state index contributed by atoms with van der Waals surface area (Å²) >= 11 is 5.95. The second-order valence-corrected chi connectivity index (χ2v) is 4.47. The number of nitrogens with zero attached hydrogens (tertiary/aromatic N) is 2. The minimum Gasteiger partial charge on any atom is -0.289 e. The van der Waals surface area contributed by atoms with Crippen molar-refractivity contribution in [1.29, 1.82) is 0 Å². The van der Waals surface area contributed by atoms with Gasteiger partial charge in [-0.15, -0.1) is 0 Å². The maximum absolute atomic E-state index is 11.9. The fourth-order valence-electron chi connectivity index (χ4n) is 1.58. The fraction of sp³-hybridized carbons (Fsp3) is 0.143. The van der Waals surface area contributed by atoms with Gasteiger partial charge in [-0.2, -0.15) is 5.10 Å². The molecule has 0 aliphatic rings. The van der Waals surface area contributed by atoms with E-state index < -0.39 is 0 Å². The van der Waals surface area contributed by atoms with Crippen molar-refractivity contribution in [2.24, 2.45) is 7.05 Å². The predicted octanol–water partition coefficient (Wildman–Crippen LogP) is 3.28. The van der Waals surface area contributed by atoms with Crippen LogP contribution in [0.4, 0.5) is 0 Å². The van der Waals surface area contributed by atoms with Crippen LogP contribution in [-0.4, -0.2) is 15.6 Å². The van der Waals surface area contributed by atoms with Crippen molar-refractivity contribution in [3.8, 4) is 0 Å². The van der Waals surface area contributed by atoms with Crippen LogP contribution < -0.4 is 0 Å². The van der Waals surface area contributed by atoms with Crippen LogP contribution in [-0.2, 0) is 7.05 Å². The van der Waals surface area contributed by atoms with E-state index in [0.717, 1.165) is 11.3 Å². The van der Waals surface area contributed by atoms with E-state index in [0.29, 0.717) is 10.6 Å². The lowest BCUT2D eigenvalue weighted by Gasteiger charge is -1.98. The standard InChI is InChI=1S/C14H13ClN2O/c1-10-3-5-11(6-4-10)14(18)8-7-13-12(15)9-16-17(13)2/h3-9H,1-2H3/b8-7+. The van der Waals surface area contributed by atoms with Crippen molar-refractivity contribution >= 4 is 23.5 Å². The number of rotatable bonds is 3. The number of aromatic nitrogens is 2. The van der Waals surface area contributed by atoms with Gasteiger partial charge in [0.1, 0.15) is 0 Å². The van der Waals surface area contributed by atoms with Gasteiger partial charge in [-0.1, -0.05) is 41.4 Å². The SMILES string of the molecule is Cc1ccc(C(=O)/C=C/c2c(Cl)cnn2C)cc1. The number of aryl methyl sites for hydroxylation is 2. The Morgan fingerprint density at radius 3 is 2.56 bits per heavy atom. The highest BCUT2D eigenvalue weighted by atomic mass is 35.5. The number of allylic oxidation sites excluding steroid dienone is 1. The number of halogens is 1. The van der Waals surface area contributed by atoms with Crippen LogP contribution in [0.5, 0.6) is 0 Å². The Hall–Kier alpha value is -1.87. The van der Waals surface area contributed by atoms with E-state index in [2.05, 4.69) is 5.10 Å². The number of benzene rings is 1. The molecule has 2 aromatic rings. The fourth-order valence-corrected chi connectivity index (χ4v) is 1.81. The first-order valence-electron chi connectivity index (χ1n) is 5.54. The molecule has 0 atom stereocenters. The zero-order valence-corrected chi connectivity index (χ0v) is 11.0. The molecule has 0 fully saturated rings. The molecule has 0 spiro atoms. The van der Waals surface area contributed by atoms with Gasteiger partial charge in [0.05, 0.1) is 16.9 Å². The molecule has 0 amide bonds. The van der Waals surface area contributed by atoms with Crippen LogP contribution in [0.1, 0.15) is 21.6 Å². The van der Waals surface area contributed by atoms with Crippen LogP contribution in [0.3, 0.4) is 0 Å². The van der Waals surface area contributed by atoms with Crippen molar-refractivity contribution < 1.29 is 4.79 Å². The molecule has 0 unspecified atom stereocenters. The first-order chi connectivity index (χ1) is 8.58. The van der Waals surface area contributed by atoms with Crippen molar-refractivity contribution in [3.05, 3.63) is 58.4 Å². The molecule has 0 bridgehead atoms. The summed E-state index contributed by atoms with van der Waals surface area (Å²) in [6, 6.07) is 7.45. The summed E-state index contributed by atoms with van der Waals surface area (Å²) < 4.78 is 1.63. The minimum atomic E-state index is -0.0488. The molecule has 4 heteroatoms. The molecule has 2 rings (SSSR count). The molecule has 0 radical (unpaired) electrons. The maximum Gasteiger partial charge on any atom is 0.185 e. The molecule has 3 nitrogen and oxygen atoms in total. The molecule has 0 aliphatic carbocycles. The van der Waals surface area contributed by atoms with Gasteiger partial charge in [-0.05, 0) is 19.1 Å². The average molecular weight is 261 g/mol. The minimum absolute atomic E-state index is 0.0488. The molecule has 1 aromatic carbocycles. The van der Waals surface area contributed by atoms with Crippen molar-refractivity contribution in [3.63, 3.8) is 0 Å². The Bertz CT molecular complexity index is 577. The smallest absolute Gasteiger partial charge is 0.185 e. The highest BCUT2D eigenvalue weighted by Crippen LogP contribution is 2.16. The normalized spacial score (nSPS) is 11.1. The van der Waals surface area contributed by atoms with Gasteiger partial charge in [0.25, 0.3) is 0 Å². The van der Waals surface area contributed by atoms with E-state index in [1.54, 1.807) is 24.0 Å². The molecule has 0 N–H and O–H groups in total. The van der Waals surface area contributed by atoms with Crippen LogP contribution in [0, 0.1) is 6.92 Å². The van der Waals surface area contributed by atoms with Gasteiger partial charge >= 0.3 is 0 Å². The van der Waals surface area contributed by atoms with Crippen molar-refractivity contribution in [1.82, 2.24) is 9.78 Å². The number of hydrogen-bond acceptors (Lipinski definition) is 2. The summed E-state index contributed by atoms with van der Waals surface area (Å²) in [6.45, 7) is 1.99. The number of carbonyl (C=O) groups is 1. The van der Waals surface area contributed by atoms with Gasteiger partial charge in [-0.3, -0.25) is 9.48 Å². The average Bonchev–Trinajstić information content (AvgIpc) is 2.67. The molecule has 0 aliphatic heterocycles. The highest BCUT2D eigenvalue weighted by molar-refractivity contribution is 6.31. The van der Waals surface area contributed by atoms with E-state index in [1.165, 1.54) is 6.08 Å². The predicted molar refractivity (Wildman–Crippen MR) is 72.8 cm³/mol. The van der Waals surface area contributed by atoms with E-state index in [9.17, 15) is 4.79 Å². The molecule has 1 aromatic heterocycles. The Morgan fingerprint density at radius 1 is 1.33 bits per heavy atom. The second-order valence-electron chi connectivity index (χ2n) is 4.06. The van der Waals surface area contributed by atoms with E-state index >= 15 is 0 Å². The maximum atomic E-state index is 11.9. The third kappa shape index (κ3) is 2.68. The van der Waals surface area contributed by atoms with Crippen LogP contribution >= 0.6 is 11.6 Å². The lowest BCUT2D eigenvalue weighted by atomic mass is 10.1. The van der Waals surface area contributed by atoms with Gasteiger partial charge in [0.15, 0.2) is 5.78 Å². The topological polar surface area (TPSA) is 34.9 Å². The third-order valence-corrected chi connectivity index (χ3v) is 2.96. The second kappa shape index (κ2) is 5.19. The summed E-state index contributed by atoms with van der Waals surface area (Å²) in [5, 5.41) is 4.53. The Labute approximate surface area is 111 Å². The molecule has 18 heavy (non-hydrogen) atoms. The molecular weight excluding hydrogens is 248 g/mol. The lowest BCUT2D eigenvalue weighted by Crippen LogP contribution is -1.96. The summed E-state index contributed by atoms with van der Waals surface area (Å²) in [5.74, 6) is -0.0488. The summed E-state index contributed by atoms with van der Waals surface area (Å²) in [4.78, 5) is 11.9. The Balaban J connectivity index is 2.19. The van der Waals surface area contributed by atoms with Gasteiger partial charge in [0.2, 0.25) is 0 Å². The number of hydrogen-bond donors (Lipinski definition) is 0. The molecule has 0 saturated carbocycles.